The van der Waals surface area contributed by atoms with Gasteiger partial charge in [0.1, 0.15) is 0 Å². The molecule has 3 heteroatoms. The van der Waals surface area contributed by atoms with Crippen molar-refractivity contribution in [3.8, 4) is 0 Å². The van der Waals surface area contributed by atoms with Gasteiger partial charge in [0, 0.05) is 24.7 Å². The summed E-state index contributed by atoms with van der Waals surface area (Å²) < 4.78 is 0. The molecule has 0 aromatic heterocycles. The van der Waals surface area contributed by atoms with Gasteiger partial charge in [-0.05, 0) is 33.6 Å². The summed E-state index contributed by atoms with van der Waals surface area (Å²) in [5.41, 5.74) is 6.27. The number of hydrogen-bond acceptors (Lipinski definition) is 2. The Morgan fingerprint density at radius 2 is 2.00 bits per heavy atom. The van der Waals surface area contributed by atoms with Crippen LogP contribution >= 0.6 is 0 Å². The number of nitrogens with two attached hydrogens (primary N) is 1. The molecule has 0 saturated heterocycles. The molecule has 0 unspecified atom stereocenters. The van der Waals surface area contributed by atoms with Crippen LogP contribution in [0.15, 0.2) is 12.2 Å². The minimum absolute atomic E-state index is 0.0137. The highest BCUT2D eigenvalue weighted by Gasteiger charge is 2.12. The molecule has 0 aliphatic rings. The maximum absolute atomic E-state index is 11.4. The van der Waals surface area contributed by atoms with Gasteiger partial charge in [-0.3, -0.25) is 4.79 Å². The van der Waals surface area contributed by atoms with Crippen molar-refractivity contribution < 1.29 is 4.79 Å². The van der Waals surface area contributed by atoms with E-state index >= 15 is 0 Å². The van der Waals surface area contributed by atoms with E-state index in [1.807, 2.05) is 13.8 Å². The number of rotatable bonds is 5. The molecule has 0 saturated carbocycles. The van der Waals surface area contributed by atoms with Crippen molar-refractivity contribution in [1.82, 2.24) is 4.90 Å². The Kier molecular flexibility index (Phi) is 4.85. The summed E-state index contributed by atoms with van der Waals surface area (Å²) in [6.45, 7) is 10.1. The van der Waals surface area contributed by atoms with Crippen LogP contribution in [0.5, 0.6) is 0 Å². The van der Waals surface area contributed by atoms with Gasteiger partial charge in [0.15, 0.2) is 0 Å². The first-order valence-corrected chi connectivity index (χ1v) is 4.94. The van der Waals surface area contributed by atoms with Crippen LogP contribution < -0.4 is 5.73 Å². The number of nitrogens with zero attached hydrogens (tertiary/aromatic N) is 1. The quantitative estimate of drug-likeness (QED) is 0.681. The summed E-state index contributed by atoms with van der Waals surface area (Å²) >= 11 is 0. The molecule has 0 aromatic carbocycles. The first-order chi connectivity index (χ1) is 6.24. The zero-order chi connectivity index (χ0) is 11.4. The SMILES string of the molecule is C=C(C)C(=O)N(C)CCCC(C)(C)N. The largest absolute Gasteiger partial charge is 0.342 e. The molecule has 0 heterocycles. The Balaban J connectivity index is 3.81. The average molecular weight is 198 g/mol. The summed E-state index contributed by atoms with van der Waals surface area (Å²) in [5, 5.41) is 0. The topological polar surface area (TPSA) is 46.3 Å². The van der Waals surface area contributed by atoms with Crippen molar-refractivity contribution in [2.24, 2.45) is 5.73 Å². The van der Waals surface area contributed by atoms with Crippen LogP contribution in [0.25, 0.3) is 0 Å². The van der Waals surface area contributed by atoms with Gasteiger partial charge in [-0.25, -0.2) is 0 Å². The Morgan fingerprint density at radius 1 is 1.50 bits per heavy atom. The van der Waals surface area contributed by atoms with Crippen molar-refractivity contribution in [3.63, 3.8) is 0 Å². The lowest BCUT2D eigenvalue weighted by atomic mass is 10.00. The summed E-state index contributed by atoms with van der Waals surface area (Å²) in [7, 11) is 1.79. The zero-order valence-corrected chi connectivity index (χ0v) is 9.76. The van der Waals surface area contributed by atoms with E-state index in [0.717, 1.165) is 19.4 Å². The van der Waals surface area contributed by atoms with Crippen LogP contribution in [0.4, 0.5) is 0 Å². The lowest BCUT2D eigenvalue weighted by Gasteiger charge is -2.21. The van der Waals surface area contributed by atoms with Crippen molar-refractivity contribution >= 4 is 5.91 Å². The van der Waals surface area contributed by atoms with Crippen LogP contribution in [-0.4, -0.2) is 29.9 Å². The van der Waals surface area contributed by atoms with Crippen molar-refractivity contribution in [2.45, 2.75) is 39.2 Å². The van der Waals surface area contributed by atoms with Gasteiger partial charge < -0.3 is 10.6 Å². The second kappa shape index (κ2) is 5.15. The van der Waals surface area contributed by atoms with Crippen LogP contribution in [0.3, 0.4) is 0 Å². The zero-order valence-electron chi connectivity index (χ0n) is 9.76. The summed E-state index contributed by atoms with van der Waals surface area (Å²) in [6, 6.07) is 0. The summed E-state index contributed by atoms with van der Waals surface area (Å²) in [5.74, 6) is 0.0137. The molecule has 0 radical (unpaired) electrons. The van der Waals surface area contributed by atoms with Crippen LogP contribution in [0.1, 0.15) is 33.6 Å². The van der Waals surface area contributed by atoms with E-state index < -0.39 is 0 Å². The predicted octanol–water partition coefficient (Wildman–Crippen LogP) is 1.54. The maximum atomic E-state index is 11.4. The van der Waals surface area contributed by atoms with E-state index in [1.54, 1.807) is 18.9 Å². The Bertz CT molecular complexity index is 216. The molecule has 82 valence electrons. The molecule has 1 amide bonds. The van der Waals surface area contributed by atoms with Gasteiger partial charge in [0.05, 0.1) is 0 Å². The molecule has 0 bridgehead atoms. The highest BCUT2D eigenvalue weighted by atomic mass is 16.2. The highest BCUT2D eigenvalue weighted by molar-refractivity contribution is 5.91. The fraction of sp³-hybridized carbons (Fsp3) is 0.727. The van der Waals surface area contributed by atoms with Crippen molar-refractivity contribution in [2.75, 3.05) is 13.6 Å². The maximum Gasteiger partial charge on any atom is 0.248 e. The summed E-state index contributed by atoms with van der Waals surface area (Å²) in [6.07, 6.45) is 1.85. The number of carbonyl (C=O) groups is 1. The third-order valence-corrected chi connectivity index (χ3v) is 2.03. The van der Waals surface area contributed by atoms with E-state index in [1.165, 1.54) is 0 Å². The van der Waals surface area contributed by atoms with E-state index in [-0.39, 0.29) is 11.4 Å². The molecule has 0 aliphatic carbocycles. The lowest BCUT2D eigenvalue weighted by Crippen LogP contribution is -2.34. The minimum Gasteiger partial charge on any atom is -0.342 e. The first kappa shape index (κ1) is 13.2. The number of carbonyl (C=O) groups excluding carboxylic acids is 1. The second-order valence-electron chi connectivity index (χ2n) is 4.60. The predicted molar refractivity (Wildman–Crippen MR) is 60.0 cm³/mol. The van der Waals surface area contributed by atoms with Gasteiger partial charge in [0.2, 0.25) is 5.91 Å². The minimum atomic E-state index is -0.146. The third-order valence-electron chi connectivity index (χ3n) is 2.03. The molecule has 14 heavy (non-hydrogen) atoms. The number of hydrogen-bond donors (Lipinski definition) is 1. The number of amides is 1. The van der Waals surface area contributed by atoms with Crippen LogP contribution in [-0.2, 0) is 4.79 Å². The molecule has 0 aliphatic heterocycles. The van der Waals surface area contributed by atoms with Gasteiger partial charge in [-0.2, -0.15) is 0 Å². The van der Waals surface area contributed by atoms with E-state index in [9.17, 15) is 4.79 Å². The lowest BCUT2D eigenvalue weighted by molar-refractivity contribution is -0.125. The molecule has 0 spiro atoms. The molecule has 0 atom stereocenters. The normalized spacial score (nSPS) is 11.2. The van der Waals surface area contributed by atoms with Crippen LogP contribution in [0, 0.1) is 0 Å². The van der Waals surface area contributed by atoms with E-state index in [4.69, 9.17) is 5.73 Å². The van der Waals surface area contributed by atoms with Gasteiger partial charge >= 0.3 is 0 Å². The fourth-order valence-corrected chi connectivity index (χ4v) is 1.20. The smallest absolute Gasteiger partial charge is 0.248 e. The molecule has 3 nitrogen and oxygen atoms in total. The average Bonchev–Trinajstić information content (AvgIpc) is 2.00. The van der Waals surface area contributed by atoms with Crippen molar-refractivity contribution in [1.29, 1.82) is 0 Å². The van der Waals surface area contributed by atoms with E-state index in [0.29, 0.717) is 5.57 Å². The first-order valence-electron chi connectivity index (χ1n) is 4.94. The summed E-state index contributed by atoms with van der Waals surface area (Å²) in [4.78, 5) is 13.1. The molecule has 0 rings (SSSR count). The van der Waals surface area contributed by atoms with Crippen LogP contribution in [0.2, 0.25) is 0 Å². The Hall–Kier alpha value is -0.830. The molecular formula is C11H22N2O. The van der Waals surface area contributed by atoms with Gasteiger partial charge in [-0.15, -0.1) is 0 Å². The fourth-order valence-electron chi connectivity index (χ4n) is 1.20. The standard InChI is InChI=1S/C11H22N2O/c1-9(2)10(14)13(5)8-6-7-11(3,4)12/h1,6-8,12H2,2-5H3. The highest BCUT2D eigenvalue weighted by Crippen LogP contribution is 2.08. The Labute approximate surface area is 87.0 Å². The monoisotopic (exact) mass is 198 g/mol. The van der Waals surface area contributed by atoms with Gasteiger partial charge in [0.25, 0.3) is 0 Å². The Morgan fingerprint density at radius 3 is 2.36 bits per heavy atom. The molecular weight excluding hydrogens is 176 g/mol. The molecule has 0 aromatic rings. The molecule has 2 N–H and O–H groups in total. The number of likely N-dealkylation sites (N-methyl/N-ethyl adjacent to an activating group) is 1. The van der Waals surface area contributed by atoms with Gasteiger partial charge in [-0.1, -0.05) is 6.58 Å². The molecule has 0 fully saturated rings. The van der Waals surface area contributed by atoms with Crippen molar-refractivity contribution in [3.05, 3.63) is 12.2 Å². The third kappa shape index (κ3) is 5.75. The second-order valence-corrected chi connectivity index (χ2v) is 4.60. The van der Waals surface area contributed by atoms with E-state index in [2.05, 4.69) is 6.58 Å².